The zero-order valence-electron chi connectivity index (χ0n) is 13.8. The number of nitrogens with one attached hydrogen (secondary N) is 1. The van der Waals surface area contributed by atoms with Gasteiger partial charge in [-0.2, -0.15) is 0 Å². The van der Waals surface area contributed by atoms with Crippen molar-refractivity contribution in [1.29, 1.82) is 0 Å². The van der Waals surface area contributed by atoms with Gasteiger partial charge in [0.25, 0.3) is 0 Å². The van der Waals surface area contributed by atoms with Crippen molar-refractivity contribution in [3.05, 3.63) is 0 Å². The molecule has 0 spiro atoms. The zero-order valence-corrected chi connectivity index (χ0v) is 13.8. The molecule has 0 amide bonds. The highest BCUT2D eigenvalue weighted by molar-refractivity contribution is 4.92. The largest absolute Gasteiger partial charge is 0.316 e. The molecule has 1 nitrogen and oxygen atoms in total. The fourth-order valence-corrected chi connectivity index (χ4v) is 3.25. The van der Waals surface area contributed by atoms with Gasteiger partial charge in [-0.15, -0.1) is 0 Å². The van der Waals surface area contributed by atoms with Gasteiger partial charge in [0.15, 0.2) is 0 Å². The molecule has 0 radical (unpaired) electrons. The lowest BCUT2D eigenvalue weighted by molar-refractivity contribution is 0.228. The predicted octanol–water partition coefficient (Wildman–Crippen LogP) is 5.54. The summed E-state index contributed by atoms with van der Waals surface area (Å²) in [5.74, 6) is 1.02. The maximum absolute atomic E-state index is 3.67. The quantitative estimate of drug-likeness (QED) is 0.432. The van der Waals surface area contributed by atoms with Crippen molar-refractivity contribution in [1.82, 2.24) is 5.32 Å². The third-order valence-electron chi connectivity index (χ3n) is 4.87. The van der Waals surface area contributed by atoms with Gasteiger partial charge >= 0.3 is 0 Å². The molecule has 1 aliphatic rings. The number of unbranched alkanes of at least 4 members (excludes halogenated alkanes) is 6. The highest BCUT2D eigenvalue weighted by Crippen LogP contribution is 2.48. The topological polar surface area (TPSA) is 12.0 Å². The van der Waals surface area contributed by atoms with Crippen molar-refractivity contribution < 1.29 is 0 Å². The molecule has 0 aromatic rings. The average molecular weight is 268 g/mol. The first-order valence-electron chi connectivity index (χ1n) is 8.93. The molecule has 1 saturated carbocycles. The Labute approximate surface area is 121 Å². The first-order valence-corrected chi connectivity index (χ1v) is 8.93. The Hall–Kier alpha value is -0.0400. The number of rotatable bonds is 13. The van der Waals surface area contributed by atoms with Gasteiger partial charge in [0.05, 0.1) is 0 Å². The Morgan fingerprint density at radius 2 is 1.53 bits per heavy atom. The van der Waals surface area contributed by atoms with Gasteiger partial charge in [-0.3, -0.25) is 0 Å². The molecular formula is C18H37N. The van der Waals surface area contributed by atoms with Crippen molar-refractivity contribution in [2.75, 3.05) is 13.1 Å². The van der Waals surface area contributed by atoms with Gasteiger partial charge in [-0.1, -0.05) is 65.7 Å². The smallest absolute Gasteiger partial charge is 0.000781 e. The van der Waals surface area contributed by atoms with Crippen molar-refractivity contribution in [3.8, 4) is 0 Å². The Balaban J connectivity index is 2.08. The van der Waals surface area contributed by atoms with Gasteiger partial charge in [0, 0.05) is 6.54 Å². The van der Waals surface area contributed by atoms with Crippen molar-refractivity contribution in [3.63, 3.8) is 0 Å². The second kappa shape index (κ2) is 9.80. The van der Waals surface area contributed by atoms with E-state index < -0.39 is 0 Å². The summed E-state index contributed by atoms with van der Waals surface area (Å²) in [6.45, 7) is 9.53. The van der Waals surface area contributed by atoms with Crippen LogP contribution in [0.3, 0.4) is 0 Å². The summed E-state index contributed by atoms with van der Waals surface area (Å²) in [7, 11) is 0. The summed E-state index contributed by atoms with van der Waals surface area (Å²) in [4.78, 5) is 0. The van der Waals surface area contributed by atoms with Crippen molar-refractivity contribution in [2.24, 2.45) is 11.3 Å². The lowest BCUT2D eigenvalue weighted by Crippen LogP contribution is -2.34. The molecule has 0 saturated heterocycles. The van der Waals surface area contributed by atoms with E-state index in [0.717, 1.165) is 5.92 Å². The fraction of sp³-hybridized carbons (Fsp3) is 1.00. The molecular weight excluding hydrogens is 230 g/mol. The van der Waals surface area contributed by atoms with E-state index in [0.29, 0.717) is 5.41 Å². The van der Waals surface area contributed by atoms with Crippen LogP contribution in [0.25, 0.3) is 0 Å². The summed E-state index contributed by atoms with van der Waals surface area (Å²) in [6.07, 6.45) is 15.8. The molecule has 0 aromatic carbocycles. The Kier molecular flexibility index (Phi) is 8.77. The van der Waals surface area contributed by atoms with E-state index in [1.807, 2.05) is 0 Å². The van der Waals surface area contributed by atoms with Crippen LogP contribution >= 0.6 is 0 Å². The maximum atomic E-state index is 3.67. The van der Waals surface area contributed by atoms with Crippen LogP contribution in [0.5, 0.6) is 0 Å². The van der Waals surface area contributed by atoms with E-state index in [1.165, 1.54) is 83.7 Å². The second-order valence-corrected chi connectivity index (χ2v) is 6.98. The fourth-order valence-electron chi connectivity index (χ4n) is 3.25. The zero-order chi connectivity index (χ0) is 14.0. The first-order chi connectivity index (χ1) is 9.23. The number of hydrogen-bond acceptors (Lipinski definition) is 1. The summed E-state index contributed by atoms with van der Waals surface area (Å²) in [5, 5.41) is 3.67. The molecule has 1 aliphatic carbocycles. The molecule has 1 rings (SSSR count). The molecule has 0 aromatic heterocycles. The van der Waals surface area contributed by atoms with E-state index in [-0.39, 0.29) is 0 Å². The minimum Gasteiger partial charge on any atom is -0.316 e. The van der Waals surface area contributed by atoms with E-state index >= 15 is 0 Å². The van der Waals surface area contributed by atoms with Crippen molar-refractivity contribution in [2.45, 2.75) is 91.4 Å². The van der Waals surface area contributed by atoms with E-state index in [4.69, 9.17) is 0 Å². The Morgan fingerprint density at radius 1 is 0.895 bits per heavy atom. The minimum absolute atomic E-state index is 0.596. The van der Waals surface area contributed by atoms with Crippen LogP contribution < -0.4 is 5.32 Å². The predicted molar refractivity (Wildman–Crippen MR) is 86.6 cm³/mol. The summed E-state index contributed by atoms with van der Waals surface area (Å²) >= 11 is 0. The average Bonchev–Trinajstić information content (AvgIpc) is 3.23. The standard InChI is InChI=1S/C18H37N/c1-4-6-7-8-9-10-11-14-18(3,17-12-13-17)16-19-15-5-2/h17,19H,4-16H2,1-3H3. The molecule has 1 fully saturated rings. The molecule has 1 atom stereocenters. The molecule has 1 N–H and O–H groups in total. The van der Waals surface area contributed by atoms with Gasteiger partial charge in [0.1, 0.15) is 0 Å². The molecule has 0 heterocycles. The Bertz CT molecular complexity index is 210. The van der Waals surface area contributed by atoms with Gasteiger partial charge in [-0.25, -0.2) is 0 Å². The summed E-state index contributed by atoms with van der Waals surface area (Å²) < 4.78 is 0. The summed E-state index contributed by atoms with van der Waals surface area (Å²) in [5.41, 5.74) is 0.596. The van der Waals surface area contributed by atoms with Gasteiger partial charge in [-0.05, 0) is 43.6 Å². The summed E-state index contributed by atoms with van der Waals surface area (Å²) in [6, 6.07) is 0. The van der Waals surface area contributed by atoms with Gasteiger partial charge < -0.3 is 5.32 Å². The van der Waals surface area contributed by atoms with Crippen LogP contribution in [0.15, 0.2) is 0 Å². The maximum Gasteiger partial charge on any atom is 0.000781 e. The normalized spacial score (nSPS) is 18.5. The lowest BCUT2D eigenvalue weighted by Gasteiger charge is -2.30. The Morgan fingerprint density at radius 3 is 2.11 bits per heavy atom. The first kappa shape index (κ1) is 17.0. The second-order valence-electron chi connectivity index (χ2n) is 6.98. The van der Waals surface area contributed by atoms with Crippen LogP contribution in [-0.2, 0) is 0 Å². The third kappa shape index (κ3) is 7.34. The van der Waals surface area contributed by atoms with Crippen LogP contribution in [0.1, 0.15) is 91.4 Å². The third-order valence-corrected chi connectivity index (χ3v) is 4.87. The van der Waals surface area contributed by atoms with E-state index in [1.54, 1.807) is 0 Å². The number of hydrogen-bond donors (Lipinski definition) is 1. The van der Waals surface area contributed by atoms with E-state index in [2.05, 4.69) is 26.1 Å². The SMILES string of the molecule is CCCCCCCCCC(C)(CNCCC)C1CC1. The lowest BCUT2D eigenvalue weighted by atomic mass is 9.79. The van der Waals surface area contributed by atoms with Gasteiger partial charge in [0.2, 0.25) is 0 Å². The highest BCUT2D eigenvalue weighted by Gasteiger charge is 2.40. The highest BCUT2D eigenvalue weighted by atomic mass is 14.9. The van der Waals surface area contributed by atoms with Crippen LogP contribution in [0, 0.1) is 11.3 Å². The van der Waals surface area contributed by atoms with Crippen LogP contribution in [-0.4, -0.2) is 13.1 Å². The monoisotopic (exact) mass is 267 g/mol. The molecule has 1 unspecified atom stereocenters. The van der Waals surface area contributed by atoms with Crippen LogP contribution in [0.2, 0.25) is 0 Å². The van der Waals surface area contributed by atoms with Crippen molar-refractivity contribution >= 4 is 0 Å². The molecule has 1 heteroatoms. The van der Waals surface area contributed by atoms with Crippen LogP contribution in [0.4, 0.5) is 0 Å². The molecule has 114 valence electrons. The van der Waals surface area contributed by atoms with E-state index in [9.17, 15) is 0 Å². The minimum atomic E-state index is 0.596. The molecule has 0 aliphatic heterocycles. The molecule has 19 heavy (non-hydrogen) atoms. The molecule has 0 bridgehead atoms.